The van der Waals surface area contributed by atoms with Gasteiger partial charge in [-0.1, -0.05) is 53.0 Å². The van der Waals surface area contributed by atoms with Crippen LogP contribution in [0.2, 0.25) is 10.0 Å². The lowest BCUT2D eigenvalue weighted by Crippen LogP contribution is -2.38. The molecule has 0 fully saturated rings. The topological polar surface area (TPSA) is 86.3 Å². The smallest absolute Gasteiger partial charge is 0.243 e. The molecule has 3 aromatic rings. The predicted molar refractivity (Wildman–Crippen MR) is 159 cm³/mol. The van der Waals surface area contributed by atoms with Crippen LogP contribution in [0, 0.1) is 18.6 Å². The van der Waals surface area contributed by atoms with E-state index in [0.717, 1.165) is 11.1 Å². The van der Waals surface area contributed by atoms with Gasteiger partial charge in [0, 0.05) is 48.1 Å². The van der Waals surface area contributed by atoms with Crippen molar-refractivity contribution in [2.24, 2.45) is 0 Å². The van der Waals surface area contributed by atoms with Gasteiger partial charge in [-0.15, -0.1) is 0 Å². The average molecular weight is 650 g/mol. The van der Waals surface area contributed by atoms with Crippen molar-refractivity contribution in [3.63, 3.8) is 0 Å². The van der Waals surface area contributed by atoms with Crippen LogP contribution in [-0.4, -0.2) is 66.8 Å². The Morgan fingerprint density at radius 2 is 1.29 bits per heavy atom. The molecule has 0 radical (unpaired) electrons. The first-order valence-electron chi connectivity index (χ1n) is 12.7. The van der Waals surface area contributed by atoms with E-state index in [-0.39, 0.29) is 34.3 Å². The van der Waals surface area contributed by atoms with Crippen molar-refractivity contribution < 1.29 is 36.1 Å². The lowest BCUT2D eigenvalue weighted by molar-refractivity contribution is -0.108. The molecule has 3 aromatic carbocycles. The Kier molecular flexibility index (Phi) is 15.3. The SMILES string of the molecule is COC(CN(Cc1ccc(F)c(Cl)c1)S(=O)(=O)c1ccc(C)cc1)OC.COC(CNCc1ccc(F)c(Cl)c1)OC. The van der Waals surface area contributed by atoms with Crippen LogP contribution >= 0.6 is 23.2 Å². The summed E-state index contributed by atoms with van der Waals surface area (Å²) in [6.07, 6.45) is -1.03. The Hall–Kier alpha value is -2.19. The van der Waals surface area contributed by atoms with Gasteiger partial charge in [-0.2, -0.15) is 4.31 Å². The van der Waals surface area contributed by atoms with E-state index in [0.29, 0.717) is 18.7 Å². The van der Waals surface area contributed by atoms with Crippen molar-refractivity contribution in [2.45, 2.75) is 37.5 Å². The molecule has 0 unspecified atom stereocenters. The molecule has 0 atom stereocenters. The van der Waals surface area contributed by atoms with Crippen LogP contribution in [0.3, 0.4) is 0 Å². The van der Waals surface area contributed by atoms with E-state index < -0.39 is 27.9 Å². The van der Waals surface area contributed by atoms with Crippen molar-refractivity contribution in [3.8, 4) is 0 Å². The molecule has 0 aliphatic heterocycles. The van der Waals surface area contributed by atoms with E-state index >= 15 is 0 Å². The van der Waals surface area contributed by atoms with Crippen LogP contribution in [-0.2, 0) is 42.1 Å². The number of nitrogens with zero attached hydrogens (tertiary/aromatic N) is 1. The van der Waals surface area contributed by atoms with Gasteiger partial charge in [-0.05, 0) is 54.4 Å². The molecule has 8 nitrogen and oxygen atoms in total. The third-order valence-corrected chi connectivity index (χ3v) is 8.44. The highest BCUT2D eigenvalue weighted by Gasteiger charge is 2.28. The number of methoxy groups -OCH3 is 4. The van der Waals surface area contributed by atoms with Crippen molar-refractivity contribution in [1.29, 1.82) is 0 Å². The van der Waals surface area contributed by atoms with Gasteiger partial charge in [0.25, 0.3) is 0 Å². The van der Waals surface area contributed by atoms with Crippen LogP contribution < -0.4 is 5.32 Å². The summed E-state index contributed by atoms with van der Waals surface area (Å²) in [5.74, 6) is -0.966. The molecule has 1 N–H and O–H groups in total. The Morgan fingerprint density at radius 3 is 1.79 bits per heavy atom. The summed E-state index contributed by atoms with van der Waals surface area (Å²) >= 11 is 11.5. The molecule has 0 aliphatic rings. The lowest BCUT2D eigenvalue weighted by atomic mass is 10.2. The molecular formula is C29H36Cl2F2N2O6S. The number of rotatable bonds is 14. The fourth-order valence-electron chi connectivity index (χ4n) is 3.61. The predicted octanol–water partition coefficient (Wildman–Crippen LogP) is 5.78. The minimum Gasteiger partial charge on any atom is -0.355 e. The number of hydrogen-bond donors (Lipinski definition) is 1. The molecule has 0 saturated carbocycles. The van der Waals surface area contributed by atoms with Crippen LogP contribution in [0.15, 0.2) is 65.6 Å². The van der Waals surface area contributed by atoms with E-state index in [1.54, 1.807) is 50.6 Å². The zero-order valence-corrected chi connectivity index (χ0v) is 26.4. The fourth-order valence-corrected chi connectivity index (χ4v) is 5.43. The van der Waals surface area contributed by atoms with E-state index in [9.17, 15) is 17.2 Å². The molecule has 13 heteroatoms. The molecule has 3 rings (SSSR count). The summed E-state index contributed by atoms with van der Waals surface area (Å²) in [6, 6.07) is 15.3. The zero-order chi connectivity index (χ0) is 31.3. The summed E-state index contributed by atoms with van der Waals surface area (Å²) in [5, 5.41) is 3.19. The molecule has 0 saturated heterocycles. The summed E-state index contributed by atoms with van der Waals surface area (Å²) in [7, 11) is 2.19. The van der Waals surface area contributed by atoms with Gasteiger partial charge >= 0.3 is 0 Å². The number of halogens is 4. The lowest BCUT2D eigenvalue weighted by Gasteiger charge is -2.26. The second-order valence-electron chi connectivity index (χ2n) is 9.04. The second kappa shape index (κ2) is 17.8. The monoisotopic (exact) mass is 648 g/mol. The van der Waals surface area contributed by atoms with E-state index in [2.05, 4.69) is 5.32 Å². The first-order chi connectivity index (χ1) is 19.9. The summed E-state index contributed by atoms with van der Waals surface area (Å²) in [4.78, 5) is 0.155. The maximum Gasteiger partial charge on any atom is 0.243 e. The highest BCUT2D eigenvalue weighted by atomic mass is 35.5. The fraction of sp³-hybridized carbons (Fsp3) is 0.379. The van der Waals surface area contributed by atoms with E-state index in [1.165, 1.54) is 42.8 Å². The van der Waals surface area contributed by atoms with Crippen LogP contribution in [0.25, 0.3) is 0 Å². The molecule has 232 valence electrons. The Labute approximate surface area is 256 Å². The summed E-state index contributed by atoms with van der Waals surface area (Å²) < 4.78 is 73.9. The Morgan fingerprint density at radius 1 is 0.786 bits per heavy atom. The van der Waals surface area contributed by atoms with Gasteiger partial charge < -0.3 is 24.3 Å². The second-order valence-corrected chi connectivity index (χ2v) is 11.8. The summed E-state index contributed by atoms with van der Waals surface area (Å²) in [5.41, 5.74) is 2.42. The third-order valence-electron chi connectivity index (χ3n) is 6.03. The summed E-state index contributed by atoms with van der Waals surface area (Å²) in [6.45, 7) is 2.99. The first-order valence-corrected chi connectivity index (χ1v) is 14.9. The molecular weight excluding hydrogens is 613 g/mol. The van der Waals surface area contributed by atoms with Gasteiger partial charge in [-0.25, -0.2) is 17.2 Å². The van der Waals surface area contributed by atoms with Gasteiger partial charge in [0.2, 0.25) is 10.0 Å². The number of hydrogen-bond acceptors (Lipinski definition) is 7. The first kappa shape index (κ1) is 36.0. The van der Waals surface area contributed by atoms with Crippen molar-refractivity contribution in [2.75, 3.05) is 41.5 Å². The number of aryl methyl sites for hydroxylation is 1. The number of nitrogens with one attached hydrogen (secondary N) is 1. The minimum atomic E-state index is -3.82. The number of benzene rings is 3. The van der Waals surface area contributed by atoms with E-state index in [4.69, 9.17) is 42.1 Å². The van der Waals surface area contributed by atoms with Crippen LogP contribution in [0.5, 0.6) is 0 Å². The molecule has 0 aliphatic carbocycles. The number of ether oxygens (including phenoxy) is 4. The van der Waals surface area contributed by atoms with Crippen molar-refractivity contribution in [3.05, 3.63) is 99.0 Å². The van der Waals surface area contributed by atoms with Gasteiger partial charge in [0.05, 0.1) is 21.5 Å². The van der Waals surface area contributed by atoms with Crippen LogP contribution in [0.1, 0.15) is 16.7 Å². The van der Waals surface area contributed by atoms with Gasteiger partial charge in [0.1, 0.15) is 11.6 Å². The standard InChI is InChI=1S/C18H21ClFNO4S.C11H15ClFNO2/c1-13-4-7-15(8-5-13)26(22,23)21(12-18(24-2)25-3)11-14-6-9-17(20)16(19)10-14;1-15-11(16-2)7-14-6-8-3-4-10(13)9(12)5-8/h4-10,18H,11-12H2,1-3H3;3-5,11,14H,6-7H2,1-2H3. The highest BCUT2D eigenvalue weighted by molar-refractivity contribution is 7.89. The molecule has 42 heavy (non-hydrogen) atoms. The molecule has 0 heterocycles. The van der Waals surface area contributed by atoms with Crippen molar-refractivity contribution >= 4 is 33.2 Å². The van der Waals surface area contributed by atoms with Crippen molar-refractivity contribution in [1.82, 2.24) is 9.62 Å². The van der Waals surface area contributed by atoms with Crippen LogP contribution in [0.4, 0.5) is 8.78 Å². The average Bonchev–Trinajstić information content (AvgIpc) is 2.97. The van der Waals surface area contributed by atoms with Gasteiger partial charge in [-0.3, -0.25) is 0 Å². The van der Waals surface area contributed by atoms with Gasteiger partial charge in [0.15, 0.2) is 12.6 Å². The Bertz CT molecular complexity index is 1360. The molecule has 0 amide bonds. The normalized spacial score (nSPS) is 11.7. The minimum absolute atomic E-state index is 0.000566. The number of sulfonamides is 1. The Balaban J connectivity index is 0.000000330. The maximum absolute atomic E-state index is 13.4. The largest absolute Gasteiger partial charge is 0.355 e. The van der Waals surface area contributed by atoms with E-state index in [1.807, 2.05) is 6.92 Å². The zero-order valence-electron chi connectivity index (χ0n) is 24.1. The third kappa shape index (κ3) is 11.1. The quantitative estimate of drug-likeness (QED) is 0.222. The maximum atomic E-state index is 13.4. The highest BCUT2D eigenvalue weighted by Crippen LogP contribution is 2.23. The molecule has 0 aromatic heterocycles. The molecule has 0 spiro atoms. The molecule has 0 bridgehead atoms.